The van der Waals surface area contributed by atoms with Crippen molar-refractivity contribution in [2.24, 2.45) is 4.99 Å². The summed E-state index contributed by atoms with van der Waals surface area (Å²) < 4.78 is 16.6. The molecule has 30 heavy (non-hydrogen) atoms. The smallest absolute Gasteiger partial charge is 0.363 e. The van der Waals surface area contributed by atoms with Crippen molar-refractivity contribution in [3.63, 3.8) is 0 Å². The first-order valence-corrected chi connectivity index (χ1v) is 10.4. The third kappa shape index (κ3) is 4.23. The molecule has 2 aromatic heterocycles. The van der Waals surface area contributed by atoms with E-state index in [2.05, 4.69) is 15.0 Å². The Morgan fingerprint density at radius 3 is 2.70 bits per heavy atom. The highest BCUT2D eigenvalue weighted by Crippen LogP contribution is 2.30. The second-order valence-electron chi connectivity index (χ2n) is 6.16. The van der Waals surface area contributed by atoms with Gasteiger partial charge in [0.15, 0.2) is 17.2 Å². The van der Waals surface area contributed by atoms with E-state index in [0.29, 0.717) is 36.0 Å². The summed E-state index contributed by atoms with van der Waals surface area (Å²) in [4.78, 5) is 25.5. The van der Waals surface area contributed by atoms with Gasteiger partial charge in [0.1, 0.15) is 5.01 Å². The molecule has 0 spiro atoms. The van der Waals surface area contributed by atoms with E-state index in [1.54, 1.807) is 30.5 Å². The second kappa shape index (κ2) is 8.87. The molecule has 0 amide bonds. The molecule has 3 heterocycles. The fraction of sp³-hybridized carbons (Fsp3) is 0.182. The van der Waals surface area contributed by atoms with Gasteiger partial charge >= 0.3 is 5.97 Å². The molecule has 3 aromatic rings. The van der Waals surface area contributed by atoms with Crippen molar-refractivity contribution < 1.29 is 19.0 Å². The van der Waals surface area contributed by atoms with Crippen LogP contribution in [0.4, 0.5) is 0 Å². The zero-order valence-electron chi connectivity index (χ0n) is 16.5. The summed E-state index contributed by atoms with van der Waals surface area (Å²) in [5, 5.41) is 2.62. The Kier molecular flexibility index (Phi) is 5.85. The molecule has 152 valence electrons. The Bertz CT molecular complexity index is 1120. The largest absolute Gasteiger partial charge is 0.490 e. The minimum absolute atomic E-state index is 0.190. The molecule has 0 atom stereocenters. The van der Waals surface area contributed by atoms with Crippen LogP contribution >= 0.6 is 11.3 Å². The summed E-state index contributed by atoms with van der Waals surface area (Å²) >= 11 is 1.45. The average Bonchev–Trinajstić information content (AvgIpc) is 3.38. The van der Waals surface area contributed by atoms with Crippen LogP contribution in [0.15, 0.2) is 58.7 Å². The van der Waals surface area contributed by atoms with Crippen LogP contribution < -0.4 is 9.47 Å². The molecule has 7 nitrogen and oxygen atoms in total. The van der Waals surface area contributed by atoms with E-state index in [-0.39, 0.29) is 11.6 Å². The van der Waals surface area contributed by atoms with Crippen LogP contribution in [0.2, 0.25) is 0 Å². The summed E-state index contributed by atoms with van der Waals surface area (Å²) in [6.45, 7) is 4.81. The predicted octanol–water partition coefficient (Wildman–Crippen LogP) is 4.35. The first-order valence-electron chi connectivity index (χ1n) is 9.47. The molecule has 1 aliphatic rings. The average molecular weight is 421 g/mol. The number of thiazole rings is 1. The highest BCUT2D eigenvalue weighted by atomic mass is 32.1. The lowest BCUT2D eigenvalue weighted by atomic mass is 10.2. The molecule has 0 unspecified atom stereocenters. The van der Waals surface area contributed by atoms with Crippen LogP contribution in [0.3, 0.4) is 0 Å². The number of carbonyl (C=O) groups is 1. The standard InChI is InChI=1S/C22H19N3O4S/c1-3-27-18-9-8-14(11-19(18)28-4-2)20-25-17(22(26)29-20)12-15-13-30-21(24-15)16-7-5-6-10-23-16/h5-13H,3-4H2,1-2H3/b17-12+. The van der Waals surface area contributed by atoms with Crippen molar-refractivity contribution in [1.29, 1.82) is 0 Å². The van der Waals surface area contributed by atoms with E-state index in [9.17, 15) is 4.79 Å². The maximum Gasteiger partial charge on any atom is 0.363 e. The number of hydrogen-bond acceptors (Lipinski definition) is 8. The Hall–Kier alpha value is -3.52. The molecular formula is C22H19N3O4S. The van der Waals surface area contributed by atoms with Crippen molar-refractivity contribution in [2.45, 2.75) is 13.8 Å². The molecule has 0 aliphatic carbocycles. The monoisotopic (exact) mass is 421 g/mol. The van der Waals surface area contributed by atoms with Gasteiger partial charge < -0.3 is 14.2 Å². The van der Waals surface area contributed by atoms with Crippen LogP contribution in [0.25, 0.3) is 16.8 Å². The number of benzene rings is 1. The van der Waals surface area contributed by atoms with Gasteiger partial charge in [0.2, 0.25) is 5.90 Å². The molecule has 0 N–H and O–H groups in total. The summed E-state index contributed by atoms with van der Waals surface area (Å²) in [5.74, 6) is 0.903. The van der Waals surface area contributed by atoms with E-state index in [1.807, 2.05) is 37.4 Å². The summed E-state index contributed by atoms with van der Waals surface area (Å²) in [6, 6.07) is 11.0. The number of aliphatic imine (C=N–C) groups is 1. The maximum atomic E-state index is 12.3. The molecule has 1 aliphatic heterocycles. The van der Waals surface area contributed by atoms with Crippen LogP contribution in [-0.2, 0) is 9.53 Å². The van der Waals surface area contributed by atoms with Crippen molar-refractivity contribution in [2.75, 3.05) is 13.2 Å². The van der Waals surface area contributed by atoms with E-state index in [4.69, 9.17) is 14.2 Å². The van der Waals surface area contributed by atoms with Gasteiger partial charge in [-0.3, -0.25) is 4.98 Å². The van der Waals surface area contributed by atoms with Crippen LogP contribution in [0.5, 0.6) is 11.5 Å². The SMILES string of the molecule is CCOc1ccc(C2=N/C(=C/c3csc(-c4ccccn4)n3)C(=O)O2)cc1OCC. The van der Waals surface area contributed by atoms with Gasteiger partial charge in [-0.15, -0.1) is 11.3 Å². The number of cyclic esters (lactones) is 1. The van der Waals surface area contributed by atoms with E-state index in [0.717, 1.165) is 10.7 Å². The Labute approximate surface area is 177 Å². The number of pyridine rings is 1. The second-order valence-corrected chi connectivity index (χ2v) is 7.01. The molecule has 0 bridgehead atoms. The number of esters is 1. The predicted molar refractivity (Wildman–Crippen MR) is 115 cm³/mol. The lowest BCUT2D eigenvalue weighted by Gasteiger charge is -2.11. The Morgan fingerprint density at radius 1 is 1.10 bits per heavy atom. The lowest BCUT2D eigenvalue weighted by Crippen LogP contribution is -2.06. The van der Waals surface area contributed by atoms with E-state index < -0.39 is 5.97 Å². The van der Waals surface area contributed by atoms with Crippen molar-refractivity contribution in [1.82, 2.24) is 9.97 Å². The number of carbonyl (C=O) groups excluding carboxylic acids is 1. The molecule has 1 aromatic carbocycles. The minimum Gasteiger partial charge on any atom is -0.490 e. The molecule has 0 radical (unpaired) electrons. The molecule has 0 saturated carbocycles. The maximum absolute atomic E-state index is 12.3. The molecule has 4 rings (SSSR count). The van der Waals surface area contributed by atoms with Crippen LogP contribution in [0, 0.1) is 0 Å². The summed E-state index contributed by atoms with van der Waals surface area (Å²) in [7, 11) is 0. The molecule has 0 saturated heterocycles. The minimum atomic E-state index is -0.524. The number of nitrogens with zero attached hydrogens (tertiary/aromatic N) is 3. The van der Waals surface area contributed by atoms with Gasteiger partial charge in [0.25, 0.3) is 0 Å². The Morgan fingerprint density at radius 2 is 1.93 bits per heavy atom. The third-order valence-electron chi connectivity index (χ3n) is 4.10. The zero-order valence-corrected chi connectivity index (χ0v) is 17.3. The van der Waals surface area contributed by atoms with E-state index >= 15 is 0 Å². The van der Waals surface area contributed by atoms with Crippen molar-refractivity contribution in [3.05, 3.63) is 64.9 Å². The third-order valence-corrected chi connectivity index (χ3v) is 4.98. The van der Waals surface area contributed by atoms with Crippen LogP contribution in [0.1, 0.15) is 25.1 Å². The fourth-order valence-electron chi connectivity index (χ4n) is 2.82. The topological polar surface area (TPSA) is 82.9 Å². The summed E-state index contributed by atoms with van der Waals surface area (Å²) in [6.07, 6.45) is 3.32. The number of aromatic nitrogens is 2. The van der Waals surface area contributed by atoms with Gasteiger partial charge in [0.05, 0.1) is 24.6 Å². The quantitative estimate of drug-likeness (QED) is 0.417. The van der Waals surface area contributed by atoms with Gasteiger partial charge in [-0.25, -0.2) is 14.8 Å². The first kappa shape index (κ1) is 19.8. The zero-order chi connectivity index (χ0) is 20.9. The fourth-order valence-corrected chi connectivity index (χ4v) is 3.57. The number of rotatable bonds is 7. The van der Waals surface area contributed by atoms with Gasteiger partial charge in [0, 0.05) is 17.1 Å². The lowest BCUT2D eigenvalue weighted by molar-refractivity contribution is -0.129. The highest BCUT2D eigenvalue weighted by Gasteiger charge is 2.25. The van der Waals surface area contributed by atoms with Crippen LogP contribution in [-0.4, -0.2) is 35.0 Å². The number of ether oxygens (including phenoxy) is 3. The van der Waals surface area contributed by atoms with E-state index in [1.165, 1.54) is 11.3 Å². The molecular weight excluding hydrogens is 402 g/mol. The molecule has 8 heteroatoms. The van der Waals surface area contributed by atoms with Crippen molar-refractivity contribution >= 4 is 29.3 Å². The Balaban J connectivity index is 1.60. The summed E-state index contributed by atoms with van der Waals surface area (Å²) in [5.41, 5.74) is 2.23. The van der Waals surface area contributed by atoms with Gasteiger partial charge in [-0.2, -0.15) is 0 Å². The van der Waals surface area contributed by atoms with Gasteiger partial charge in [-0.05, 0) is 50.3 Å². The highest BCUT2D eigenvalue weighted by molar-refractivity contribution is 7.13. The number of hydrogen-bond donors (Lipinski definition) is 0. The molecule has 0 fully saturated rings. The first-order chi connectivity index (χ1) is 14.7. The van der Waals surface area contributed by atoms with Crippen molar-refractivity contribution in [3.8, 4) is 22.2 Å². The normalized spacial score (nSPS) is 14.5. The van der Waals surface area contributed by atoms with Gasteiger partial charge in [-0.1, -0.05) is 6.07 Å².